The molecule has 0 bridgehead atoms. The highest BCUT2D eigenvalue weighted by atomic mass is 79.9. The molecule has 19 heavy (non-hydrogen) atoms. The topological polar surface area (TPSA) is 29.1 Å². The standard InChI is InChI=1S/C15H11BrClNO/c16-12-6-8-13(9-7-12)18-15(19)14(17)10-11-4-2-1-3-5-11/h1-10H,(H,18,19)/b14-10+. The Balaban J connectivity index is 2.07. The Hall–Kier alpha value is -1.58. The number of halogens is 2. The van der Waals surface area contributed by atoms with E-state index in [1.54, 1.807) is 18.2 Å². The average Bonchev–Trinajstić information content (AvgIpc) is 2.42. The van der Waals surface area contributed by atoms with Crippen LogP contribution in [0.5, 0.6) is 0 Å². The molecule has 2 rings (SSSR count). The predicted molar refractivity (Wildman–Crippen MR) is 83.0 cm³/mol. The zero-order chi connectivity index (χ0) is 13.7. The maximum atomic E-state index is 11.9. The zero-order valence-corrected chi connectivity index (χ0v) is 12.3. The zero-order valence-electron chi connectivity index (χ0n) is 9.94. The first-order valence-electron chi connectivity index (χ1n) is 5.64. The van der Waals surface area contributed by atoms with Gasteiger partial charge in [-0.05, 0) is 35.9 Å². The number of nitrogens with one attached hydrogen (secondary N) is 1. The summed E-state index contributed by atoms with van der Waals surface area (Å²) in [5, 5.41) is 2.88. The molecule has 96 valence electrons. The van der Waals surface area contributed by atoms with Crippen molar-refractivity contribution >= 4 is 45.2 Å². The van der Waals surface area contributed by atoms with Crippen LogP contribution in [0, 0.1) is 0 Å². The van der Waals surface area contributed by atoms with E-state index in [1.807, 2.05) is 42.5 Å². The van der Waals surface area contributed by atoms with Gasteiger partial charge in [-0.2, -0.15) is 0 Å². The molecule has 0 aliphatic rings. The van der Waals surface area contributed by atoms with E-state index in [4.69, 9.17) is 11.6 Å². The van der Waals surface area contributed by atoms with Crippen LogP contribution in [0.1, 0.15) is 5.56 Å². The molecule has 0 unspecified atom stereocenters. The van der Waals surface area contributed by atoms with Crippen LogP contribution < -0.4 is 5.32 Å². The van der Waals surface area contributed by atoms with Crippen LogP contribution in [0.15, 0.2) is 64.1 Å². The Kier molecular flexibility index (Phi) is 4.77. The number of anilines is 1. The lowest BCUT2D eigenvalue weighted by molar-refractivity contribution is -0.112. The highest BCUT2D eigenvalue weighted by molar-refractivity contribution is 9.10. The molecule has 0 radical (unpaired) electrons. The first kappa shape index (κ1) is 13.8. The molecule has 0 saturated carbocycles. The fourth-order valence-corrected chi connectivity index (χ4v) is 1.92. The Morgan fingerprint density at radius 1 is 1.05 bits per heavy atom. The maximum Gasteiger partial charge on any atom is 0.267 e. The van der Waals surface area contributed by atoms with Crippen molar-refractivity contribution in [2.24, 2.45) is 0 Å². The molecule has 0 aliphatic carbocycles. The quantitative estimate of drug-likeness (QED) is 0.811. The molecule has 0 heterocycles. The SMILES string of the molecule is O=C(Nc1ccc(Br)cc1)/C(Cl)=C\c1ccccc1. The molecule has 1 N–H and O–H groups in total. The van der Waals surface area contributed by atoms with E-state index in [9.17, 15) is 4.79 Å². The van der Waals surface area contributed by atoms with Gasteiger partial charge in [0.1, 0.15) is 5.03 Å². The summed E-state index contributed by atoms with van der Waals surface area (Å²) < 4.78 is 0.955. The van der Waals surface area contributed by atoms with Gasteiger partial charge in [0.05, 0.1) is 0 Å². The molecule has 0 aromatic heterocycles. The molecule has 1 amide bonds. The fourth-order valence-electron chi connectivity index (χ4n) is 1.49. The van der Waals surface area contributed by atoms with Gasteiger partial charge in [0.15, 0.2) is 0 Å². The number of hydrogen-bond donors (Lipinski definition) is 1. The number of carbonyl (C=O) groups is 1. The van der Waals surface area contributed by atoms with Gasteiger partial charge in [0.2, 0.25) is 0 Å². The van der Waals surface area contributed by atoms with Crippen LogP contribution >= 0.6 is 27.5 Å². The Morgan fingerprint density at radius 3 is 2.32 bits per heavy atom. The van der Waals surface area contributed by atoms with Crippen LogP contribution in [0.2, 0.25) is 0 Å². The normalized spacial score (nSPS) is 11.2. The minimum Gasteiger partial charge on any atom is -0.321 e. The molecule has 2 nitrogen and oxygen atoms in total. The van der Waals surface area contributed by atoms with E-state index in [1.165, 1.54) is 0 Å². The number of benzene rings is 2. The minimum absolute atomic E-state index is 0.147. The van der Waals surface area contributed by atoms with Crippen LogP contribution in [-0.2, 0) is 4.79 Å². The van der Waals surface area contributed by atoms with Crippen molar-refractivity contribution in [3.05, 3.63) is 69.7 Å². The van der Waals surface area contributed by atoms with Crippen molar-refractivity contribution in [2.75, 3.05) is 5.32 Å². The lowest BCUT2D eigenvalue weighted by atomic mass is 10.2. The van der Waals surface area contributed by atoms with Crippen LogP contribution in [0.4, 0.5) is 5.69 Å². The smallest absolute Gasteiger partial charge is 0.267 e. The van der Waals surface area contributed by atoms with E-state index >= 15 is 0 Å². The van der Waals surface area contributed by atoms with Gasteiger partial charge in [-0.15, -0.1) is 0 Å². The van der Waals surface area contributed by atoms with Crippen molar-refractivity contribution in [3.63, 3.8) is 0 Å². The van der Waals surface area contributed by atoms with E-state index < -0.39 is 0 Å². The van der Waals surface area contributed by atoms with Crippen molar-refractivity contribution in [2.45, 2.75) is 0 Å². The van der Waals surface area contributed by atoms with Gasteiger partial charge in [-0.3, -0.25) is 4.79 Å². The lowest BCUT2D eigenvalue weighted by Crippen LogP contribution is -2.11. The molecule has 2 aromatic rings. The Morgan fingerprint density at radius 2 is 1.68 bits per heavy atom. The molecule has 4 heteroatoms. The Labute approximate surface area is 125 Å². The molecular weight excluding hydrogens is 326 g/mol. The van der Waals surface area contributed by atoms with Crippen LogP contribution in [0.25, 0.3) is 6.08 Å². The molecule has 0 atom stereocenters. The lowest BCUT2D eigenvalue weighted by Gasteiger charge is -2.04. The summed E-state index contributed by atoms with van der Waals surface area (Å²) in [6, 6.07) is 16.8. The highest BCUT2D eigenvalue weighted by Gasteiger charge is 2.06. The molecule has 0 spiro atoms. The van der Waals surface area contributed by atoms with Gasteiger partial charge in [0, 0.05) is 10.2 Å². The number of carbonyl (C=O) groups excluding carboxylic acids is 1. The van der Waals surface area contributed by atoms with Crippen LogP contribution in [0.3, 0.4) is 0 Å². The van der Waals surface area contributed by atoms with Crippen LogP contribution in [-0.4, -0.2) is 5.91 Å². The summed E-state index contributed by atoms with van der Waals surface area (Å²) in [7, 11) is 0. The van der Waals surface area contributed by atoms with Crippen molar-refractivity contribution in [1.82, 2.24) is 0 Å². The first-order chi connectivity index (χ1) is 9.15. The summed E-state index contributed by atoms with van der Waals surface area (Å²) in [6.45, 7) is 0. The number of amides is 1. The fraction of sp³-hybridized carbons (Fsp3) is 0. The van der Waals surface area contributed by atoms with E-state index in [-0.39, 0.29) is 10.9 Å². The van der Waals surface area contributed by atoms with E-state index in [0.717, 1.165) is 10.0 Å². The molecule has 0 saturated heterocycles. The maximum absolute atomic E-state index is 11.9. The molecule has 0 aliphatic heterocycles. The third-order valence-electron chi connectivity index (χ3n) is 2.41. The second kappa shape index (κ2) is 6.55. The molecular formula is C15H11BrClNO. The number of hydrogen-bond acceptors (Lipinski definition) is 1. The largest absolute Gasteiger partial charge is 0.321 e. The summed E-state index contributed by atoms with van der Waals surface area (Å²) in [4.78, 5) is 11.9. The Bertz CT molecular complexity index is 593. The summed E-state index contributed by atoms with van der Waals surface area (Å²) in [5.41, 5.74) is 1.59. The van der Waals surface area contributed by atoms with Gasteiger partial charge in [-0.25, -0.2) is 0 Å². The summed E-state index contributed by atoms with van der Waals surface area (Å²) in [5.74, 6) is -0.326. The second-order valence-electron chi connectivity index (χ2n) is 3.86. The highest BCUT2D eigenvalue weighted by Crippen LogP contribution is 2.16. The van der Waals surface area contributed by atoms with Crippen molar-refractivity contribution in [3.8, 4) is 0 Å². The third kappa shape index (κ3) is 4.23. The second-order valence-corrected chi connectivity index (χ2v) is 5.19. The monoisotopic (exact) mass is 335 g/mol. The average molecular weight is 337 g/mol. The van der Waals surface area contributed by atoms with Gasteiger partial charge in [0.25, 0.3) is 5.91 Å². The first-order valence-corrected chi connectivity index (χ1v) is 6.81. The van der Waals surface area contributed by atoms with Gasteiger partial charge >= 0.3 is 0 Å². The van der Waals surface area contributed by atoms with E-state index in [2.05, 4.69) is 21.2 Å². The summed E-state index contributed by atoms with van der Waals surface area (Å²) >= 11 is 9.32. The predicted octanol–water partition coefficient (Wildman–Crippen LogP) is 4.67. The van der Waals surface area contributed by atoms with Gasteiger partial charge in [-0.1, -0.05) is 57.9 Å². The van der Waals surface area contributed by atoms with Crippen molar-refractivity contribution < 1.29 is 4.79 Å². The number of rotatable bonds is 3. The third-order valence-corrected chi connectivity index (χ3v) is 3.22. The minimum atomic E-state index is -0.326. The van der Waals surface area contributed by atoms with Gasteiger partial charge < -0.3 is 5.32 Å². The molecule has 2 aromatic carbocycles. The van der Waals surface area contributed by atoms with Crippen molar-refractivity contribution in [1.29, 1.82) is 0 Å². The van der Waals surface area contributed by atoms with E-state index in [0.29, 0.717) is 5.69 Å². The molecule has 0 fully saturated rings. The summed E-state index contributed by atoms with van der Waals surface area (Å²) in [6.07, 6.45) is 1.63.